The quantitative estimate of drug-likeness (QED) is 0.717. The first-order valence-electron chi connectivity index (χ1n) is 9.64. The SMILES string of the molecule is O=C1C(=Cc2ccc3c(c2)OCO3)Oc2cc(OCC(=O)N3CCOCC3)ccc21. The van der Waals surface area contributed by atoms with Crippen LogP contribution in [0, 0.1) is 0 Å². The number of ether oxygens (including phenoxy) is 5. The van der Waals surface area contributed by atoms with Crippen molar-refractivity contribution in [2.24, 2.45) is 0 Å². The number of rotatable bonds is 4. The number of amides is 1. The summed E-state index contributed by atoms with van der Waals surface area (Å²) in [4.78, 5) is 26.6. The number of benzene rings is 2. The second kappa shape index (κ2) is 7.72. The first-order chi connectivity index (χ1) is 14.7. The second-order valence-corrected chi connectivity index (χ2v) is 6.99. The molecule has 1 amide bonds. The number of nitrogens with zero attached hydrogens (tertiary/aromatic N) is 1. The van der Waals surface area contributed by atoms with Crippen molar-refractivity contribution < 1.29 is 33.3 Å². The Morgan fingerprint density at radius 1 is 1.03 bits per heavy atom. The zero-order valence-corrected chi connectivity index (χ0v) is 16.1. The molecule has 0 N–H and O–H groups in total. The first-order valence-corrected chi connectivity index (χ1v) is 9.64. The minimum atomic E-state index is -0.210. The summed E-state index contributed by atoms with van der Waals surface area (Å²) >= 11 is 0. The molecule has 0 atom stereocenters. The van der Waals surface area contributed by atoms with Crippen LogP contribution >= 0.6 is 0 Å². The van der Waals surface area contributed by atoms with Gasteiger partial charge in [0.25, 0.3) is 5.91 Å². The molecule has 3 aliphatic rings. The molecule has 5 rings (SSSR count). The fraction of sp³-hybridized carbons (Fsp3) is 0.273. The maximum absolute atomic E-state index is 12.7. The van der Waals surface area contributed by atoms with Crippen LogP contribution in [0.4, 0.5) is 0 Å². The van der Waals surface area contributed by atoms with Crippen molar-refractivity contribution in [3.8, 4) is 23.0 Å². The van der Waals surface area contributed by atoms with Gasteiger partial charge in [-0.2, -0.15) is 0 Å². The molecular weight excluding hydrogens is 390 g/mol. The summed E-state index contributed by atoms with van der Waals surface area (Å²) in [5.41, 5.74) is 1.22. The number of allylic oxidation sites excluding steroid dienone is 1. The van der Waals surface area contributed by atoms with E-state index in [0.29, 0.717) is 54.9 Å². The lowest BCUT2D eigenvalue weighted by Gasteiger charge is -2.26. The van der Waals surface area contributed by atoms with Crippen molar-refractivity contribution in [2.45, 2.75) is 0 Å². The molecule has 1 saturated heterocycles. The highest BCUT2D eigenvalue weighted by molar-refractivity contribution is 6.14. The zero-order chi connectivity index (χ0) is 20.5. The molecule has 8 heteroatoms. The standard InChI is InChI=1S/C22H19NO7/c24-21(23-5-7-26-8-6-23)12-27-15-2-3-16-18(11-15)30-20(22(16)25)10-14-1-4-17-19(9-14)29-13-28-17/h1-4,9-11H,5-8,12-13H2. The Labute approximate surface area is 172 Å². The maximum Gasteiger partial charge on any atom is 0.260 e. The average molecular weight is 409 g/mol. The van der Waals surface area contributed by atoms with Crippen molar-refractivity contribution >= 4 is 17.8 Å². The molecule has 1 fully saturated rings. The molecule has 2 aromatic carbocycles. The number of hydrogen-bond donors (Lipinski definition) is 0. The van der Waals surface area contributed by atoms with Gasteiger partial charge in [0.2, 0.25) is 12.6 Å². The third kappa shape index (κ3) is 3.57. The highest BCUT2D eigenvalue weighted by atomic mass is 16.7. The van der Waals surface area contributed by atoms with Gasteiger partial charge >= 0.3 is 0 Å². The number of Topliss-reactive ketones (excluding diaryl/α,β-unsaturated/α-hetero) is 1. The maximum atomic E-state index is 12.7. The smallest absolute Gasteiger partial charge is 0.260 e. The van der Waals surface area contributed by atoms with E-state index in [1.165, 1.54) is 0 Å². The summed E-state index contributed by atoms with van der Waals surface area (Å²) < 4.78 is 27.3. The minimum absolute atomic E-state index is 0.0768. The molecule has 0 bridgehead atoms. The van der Waals surface area contributed by atoms with Crippen molar-refractivity contribution in [3.63, 3.8) is 0 Å². The summed E-state index contributed by atoms with van der Waals surface area (Å²) in [6, 6.07) is 10.3. The van der Waals surface area contributed by atoms with Gasteiger partial charge < -0.3 is 28.6 Å². The van der Waals surface area contributed by atoms with Crippen molar-refractivity contribution in [1.29, 1.82) is 0 Å². The van der Waals surface area contributed by atoms with Gasteiger partial charge in [0.1, 0.15) is 11.5 Å². The Hall–Kier alpha value is -3.52. The van der Waals surface area contributed by atoms with Gasteiger partial charge in [-0.05, 0) is 35.9 Å². The van der Waals surface area contributed by atoms with E-state index in [-0.39, 0.29) is 30.8 Å². The van der Waals surface area contributed by atoms with Crippen molar-refractivity contribution in [1.82, 2.24) is 4.90 Å². The molecule has 0 aliphatic carbocycles. The lowest BCUT2D eigenvalue weighted by atomic mass is 10.1. The fourth-order valence-corrected chi connectivity index (χ4v) is 3.46. The van der Waals surface area contributed by atoms with E-state index in [9.17, 15) is 9.59 Å². The van der Waals surface area contributed by atoms with Crippen LogP contribution in [0.5, 0.6) is 23.0 Å². The number of hydrogen-bond acceptors (Lipinski definition) is 7. The molecular formula is C22H19NO7. The van der Waals surface area contributed by atoms with E-state index in [0.717, 1.165) is 5.56 Å². The van der Waals surface area contributed by atoms with Crippen LogP contribution in [0.15, 0.2) is 42.2 Å². The molecule has 0 saturated carbocycles. The number of carbonyl (C=O) groups excluding carboxylic acids is 2. The van der Waals surface area contributed by atoms with E-state index in [2.05, 4.69) is 0 Å². The Morgan fingerprint density at radius 3 is 2.73 bits per heavy atom. The highest BCUT2D eigenvalue weighted by Crippen LogP contribution is 2.37. The van der Waals surface area contributed by atoms with Gasteiger partial charge in [-0.1, -0.05) is 6.07 Å². The Bertz CT molecular complexity index is 1040. The van der Waals surface area contributed by atoms with E-state index in [1.54, 1.807) is 41.3 Å². The van der Waals surface area contributed by atoms with E-state index in [4.69, 9.17) is 23.7 Å². The van der Waals surface area contributed by atoms with Gasteiger partial charge in [0.05, 0.1) is 18.8 Å². The molecule has 3 heterocycles. The molecule has 8 nitrogen and oxygen atoms in total. The normalized spacial score (nSPS) is 18.3. The van der Waals surface area contributed by atoms with Crippen LogP contribution in [-0.4, -0.2) is 56.3 Å². The lowest BCUT2D eigenvalue weighted by Crippen LogP contribution is -2.42. The molecule has 0 radical (unpaired) electrons. The average Bonchev–Trinajstić information content (AvgIpc) is 3.36. The largest absolute Gasteiger partial charge is 0.484 e. The fourth-order valence-electron chi connectivity index (χ4n) is 3.46. The number of ketones is 1. The monoisotopic (exact) mass is 409 g/mol. The molecule has 0 aromatic heterocycles. The summed E-state index contributed by atoms with van der Waals surface area (Å²) in [5, 5.41) is 0. The van der Waals surface area contributed by atoms with Crippen LogP contribution in [0.25, 0.3) is 6.08 Å². The van der Waals surface area contributed by atoms with Gasteiger partial charge in [-0.3, -0.25) is 9.59 Å². The second-order valence-electron chi connectivity index (χ2n) is 6.99. The highest BCUT2D eigenvalue weighted by Gasteiger charge is 2.28. The predicted molar refractivity (Wildman–Crippen MR) is 105 cm³/mol. The van der Waals surface area contributed by atoms with Gasteiger partial charge in [0.15, 0.2) is 23.9 Å². The minimum Gasteiger partial charge on any atom is -0.484 e. The third-order valence-electron chi connectivity index (χ3n) is 5.06. The van der Waals surface area contributed by atoms with E-state index >= 15 is 0 Å². The van der Waals surface area contributed by atoms with E-state index < -0.39 is 0 Å². The van der Waals surface area contributed by atoms with Gasteiger partial charge in [-0.15, -0.1) is 0 Å². The summed E-state index contributed by atoms with van der Waals surface area (Å²) in [7, 11) is 0. The van der Waals surface area contributed by atoms with Crippen LogP contribution in [0.2, 0.25) is 0 Å². The molecule has 2 aromatic rings. The number of fused-ring (bicyclic) bond motifs is 2. The topological polar surface area (TPSA) is 83.5 Å². The van der Waals surface area contributed by atoms with Gasteiger partial charge in [0, 0.05) is 19.2 Å². The first kappa shape index (κ1) is 18.5. The molecule has 0 spiro atoms. The summed E-state index contributed by atoms with van der Waals surface area (Å²) in [6.07, 6.45) is 1.66. The molecule has 154 valence electrons. The van der Waals surface area contributed by atoms with Crippen LogP contribution in [0.1, 0.15) is 15.9 Å². The molecule has 0 unspecified atom stereocenters. The van der Waals surface area contributed by atoms with Crippen molar-refractivity contribution in [3.05, 3.63) is 53.3 Å². The third-order valence-corrected chi connectivity index (χ3v) is 5.06. The number of morpholine rings is 1. The summed E-state index contributed by atoms with van der Waals surface area (Å²) in [5.74, 6) is 2.08. The van der Waals surface area contributed by atoms with Gasteiger partial charge in [-0.25, -0.2) is 0 Å². The van der Waals surface area contributed by atoms with Crippen molar-refractivity contribution in [2.75, 3.05) is 39.7 Å². The van der Waals surface area contributed by atoms with Crippen LogP contribution < -0.4 is 18.9 Å². The Balaban J connectivity index is 1.27. The Morgan fingerprint density at radius 2 is 1.87 bits per heavy atom. The number of carbonyl (C=O) groups is 2. The predicted octanol–water partition coefficient (Wildman–Crippen LogP) is 2.27. The lowest BCUT2D eigenvalue weighted by molar-refractivity contribution is -0.137. The van der Waals surface area contributed by atoms with E-state index in [1.807, 2.05) is 6.07 Å². The molecule has 3 aliphatic heterocycles. The zero-order valence-electron chi connectivity index (χ0n) is 16.1. The van der Waals surface area contributed by atoms with Crippen LogP contribution in [-0.2, 0) is 9.53 Å². The Kier molecular flexibility index (Phi) is 4.76. The summed E-state index contributed by atoms with van der Waals surface area (Å²) in [6.45, 7) is 2.33. The van der Waals surface area contributed by atoms with Crippen LogP contribution in [0.3, 0.4) is 0 Å². The molecule has 30 heavy (non-hydrogen) atoms.